The van der Waals surface area contributed by atoms with E-state index in [0.717, 1.165) is 30.4 Å². The van der Waals surface area contributed by atoms with E-state index in [9.17, 15) is 9.59 Å². The largest absolute Gasteiger partial charge is 0.338 e. The standard InChI is InChI=1S/C25H31N7O2/c1-16(2)8-9-23(33)31-12-10-17-14-28-20(13-18(17)15-31)25(34)30-22-7-3-5-19(29-22)24(27)32-11-4-6-21(32)26/h3,5,7,13-14,16,26-27H,4,6,8-12,15H2,1-2H3,(H,29,30,34). The van der Waals surface area contributed by atoms with Crippen LogP contribution in [0.25, 0.3) is 0 Å². The second kappa shape index (κ2) is 10.1. The summed E-state index contributed by atoms with van der Waals surface area (Å²) >= 11 is 0. The number of amidine groups is 2. The summed E-state index contributed by atoms with van der Waals surface area (Å²) in [6, 6.07) is 6.85. The summed E-state index contributed by atoms with van der Waals surface area (Å²) in [7, 11) is 0. The van der Waals surface area contributed by atoms with Gasteiger partial charge in [0.25, 0.3) is 5.91 Å². The molecule has 4 heterocycles. The van der Waals surface area contributed by atoms with E-state index in [2.05, 4.69) is 29.1 Å². The van der Waals surface area contributed by atoms with E-state index in [1.54, 1.807) is 35.4 Å². The van der Waals surface area contributed by atoms with Crippen molar-refractivity contribution in [3.63, 3.8) is 0 Å². The Hall–Kier alpha value is -3.62. The van der Waals surface area contributed by atoms with E-state index in [1.165, 1.54) is 0 Å². The van der Waals surface area contributed by atoms with Crippen LogP contribution in [0.1, 0.15) is 66.8 Å². The molecule has 0 radical (unpaired) electrons. The molecule has 4 rings (SSSR count). The zero-order valence-electron chi connectivity index (χ0n) is 19.7. The monoisotopic (exact) mass is 461 g/mol. The van der Waals surface area contributed by atoms with Crippen molar-refractivity contribution in [1.29, 1.82) is 10.8 Å². The molecule has 1 fully saturated rings. The van der Waals surface area contributed by atoms with Crippen molar-refractivity contribution in [2.75, 3.05) is 18.4 Å². The summed E-state index contributed by atoms with van der Waals surface area (Å²) in [5.41, 5.74) is 2.67. The van der Waals surface area contributed by atoms with Gasteiger partial charge in [-0.1, -0.05) is 19.9 Å². The molecule has 0 bridgehead atoms. The van der Waals surface area contributed by atoms with Gasteiger partial charge in [0.2, 0.25) is 5.91 Å². The molecule has 2 aromatic rings. The molecule has 9 heteroatoms. The second-order valence-electron chi connectivity index (χ2n) is 9.25. The molecule has 9 nitrogen and oxygen atoms in total. The van der Waals surface area contributed by atoms with Crippen LogP contribution in [0.5, 0.6) is 0 Å². The molecule has 0 aromatic carbocycles. The highest BCUT2D eigenvalue weighted by Crippen LogP contribution is 2.21. The van der Waals surface area contributed by atoms with Gasteiger partial charge < -0.3 is 15.1 Å². The van der Waals surface area contributed by atoms with E-state index in [4.69, 9.17) is 10.8 Å². The van der Waals surface area contributed by atoms with Crippen molar-refractivity contribution in [1.82, 2.24) is 19.8 Å². The summed E-state index contributed by atoms with van der Waals surface area (Å²) in [6.45, 7) is 6.02. The van der Waals surface area contributed by atoms with Gasteiger partial charge in [0.05, 0.1) is 0 Å². The van der Waals surface area contributed by atoms with Crippen LogP contribution in [0.2, 0.25) is 0 Å². The first-order valence-corrected chi connectivity index (χ1v) is 11.8. The number of aromatic nitrogens is 2. The normalized spacial score (nSPS) is 15.4. The zero-order chi connectivity index (χ0) is 24.2. The molecule has 2 amide bonds. The fourth-order valence-corrected chi connectivity index (χ4v) is 4.22. The number of fused-ring (bicyclic) bond motifs is 1. The zero-order valence-corrected chi connectivity index (χ0v) is 19.7. The number of pyridine rings is 2. The predicted octanol–water partition coefficient (Wildman–Crippen LogP) is 3.45. The van der Waals surface area contributed by atoms with Crippen LogP contribution >= 0.6 is 0 Å². The molecule has 0 saturated carbocycles. The Bertz CT molecular complexity index is 1130. The third-order valence-corrected chi connectivity index (χ3v) is 6.24. The minimum Gasteiger partial charge on any atom is -0.338 e. The number of likely N-dealkylation sites (tertiary alicyclic amines) is 1. The Morgan fingerprint density at radius 3 is 2.71 bits per heavy atom. The molecule has 2 aliphatic rings. The maximum atomic E-state index is 12.9. The third-order valence-electron chi connectivity index (χ3n) is 6.24. The van der Waals surface area contributed by atoms with Crippen LogP contribution < -0.4 is 5.32 Å². The number of carbonyl (C=O) groups is 2. The quantitative estimate of drug-likeness (QED) is 0.449. The predicted molar refractivity (Wildman–Crippen MR) is 130 cm³/mol. The Balaban J connectivity index is 1.43. The Labute approximate surface area is 199 Å². The van der Waals surface area contributed by atoms with Crippen LogP contribution in [-0.4, -0.2) is 56.3 Å². The van der Waals surface area contributed by atoms with Crippen molar-refractivity contribution in [3.05, 3.63) is 53.0 Å². The number of hydrogen-bond donors (Lipinski definition) is 3. The minimum absolute atomic E-state index is 0.150. The number of nitrogens with zero attached hydrogens (tertiary/aromatic N) is 4. The fourth-order valence-electron chi connectivity index (χ4n) is 4.22. The van der Waals surface area contributed by atoms with Crippen molar-refractivity contribution in [3.8, 4) is 0 Å². The van der Waals surface area contributed by atoms with E-state index in [-0.39, 0.29) is 17.4 Å². The summed E-state index contributed by atoms with van der Waals surface area (Å²) in [6.07, 6.45) is 5.37. The highest BCUT2D eigenvalue weighted by atomic mass is 16.2. The molecule has 34 heavy (non-hydrogen) atoms. The van der Waals surface area contributed by atoms with E-state index >= 15 is 0 Å². The van der Waals surface area contributed by atoms with Gasteiger partial charge in [-0.05, 0) is 54.5 Å². The molecule has 0 atom stereocenters. The van der Waals surface area contributed by atoms with Crippen molar-refractivity contribution in [2.24, 2.45) is 5.92 Å². The topological polar surface area (TPSA) is 126 Å². The lowest BCUT2D eigenvalue weighted by molar-refractivity contribution is -0.132. The van der Waals surface area contributed by atoms with E-state index < -0.39 is 5.91 Å². The molecule has 0 aliphatic carbocycles. The van der Waals surface area contributed by atoms with Crippen LogP contribution in [0.15, 0.2) is 30.5 Å². The van der Waals surface area contributed by atoms with Crippen molar-refractivity contribution in [2.45, 2.75) is 52.5 Å². The van der Waals surface area contributed by atoms with Crippen LogP contribution in [0, 0.1) is 16.7 Å². The highest BCUT2D eigenvalue weighted by molar-refractivity contribution is 6.07. The van der Waals surface area contributed by atoms with Gasteiger partial charge in [0, 0.05) is 38.7 Å². The number of hydrogen-bond acceptors (Lipinski definition) is 6. The lowest BCUT2D eigenvalue weighted by Gasteiger charge is -2.29. The van der Waals surface area contributed by atoms with Gasteiger partial charge in [-0.25, -0.2) is 4.98 Å². The van der Waals surface area contributed by atoms with Gasteiger partial charge in [0.15, 0.2) is 5.84 Å². The van der Waals surface area contributed by atoms with Crippen molar-refractivity contribution < 1.29 is 9.59 Å². The van der Waals surface area contributed by atoms with E-state index in [1.807, 2.05) is 4.90 Å². The lowest BCUT2D eigenvalue weighted by atomic mass is 10.00. The lowest BCUT2D eigenvalue weighted by Crippen LogP contribution is -2.36. The van der Waals surface area contributed by atoms with Gasteiger partial charge in [-0.15, -0.1) is 0 Å². The number of amides is 2. The molecule has 178 valence electrons. The first kappa shape index (κ1) is 23.5. The van der Waals surface area contributed by atoms with Crippen LogP contribution in [-0.2, 0) is 17.8 Å². The molecule has 1 saturated heterocycles. The maximum absolute atomic E-state index is 12.9. The van der Waals surface area contributed by atoms with Crippen molar-refractivity contribution >= 4 is 29.3 Å². The Kier molecular flexibility index (Phi) is 7.00. The van der Waals surface area contributed by atoms with Gasteiger partial charge >= 0.3 is 0 Å². The SMILES string of the molecule is CC(C)CCC(=O)N1CCc2cnc(C(=O)Nc3cccc(C(=N)N4CCCC4=N)n3)cc2C1. The molecule has 2 aliphatic heterocycles. The Morgan fingerprint density at radius 2 is 1.97 bits per heavy atom. The number of nitrogens with one attached hydrogen (secondary N) is 3. The number of carbonyl (C=O) groups excluding carboxylic acids is 2. The molecule has 3 N–H and O–H groups in total. The average molecular weight is 462 g/mol. The van der Waals surface area contributed by atoms with Gasteiger partial charge in [0.1, 0.15) is 23.0 Å². The van der Waals surface area contributed by atoms with Crippen LogP contribution in [0.3, 0.4) is 0 Å². The van der Waals surface area contributed by atoms with Crippen LogP contribution in [0.4, 0.5) is 5.82 Å². The fraction of sp³-hybridized carbons (Fsp3) is 0.440. The number of anilines is 1. The molecule has 2 aromatic heterocycles. The molecule has 0 spiro atoms. The second-order valence-corrected chi connectivity index (χ2v) is 9.25. The summed E-state index contributed by atoms with van der Waals surface area (Å²) in [4.78, 5) is 37.7. The summed E-state index contributed by atoms with van der Waals surface area (Å²) < 4.78 is 0. The molecular formula is C25H31N7O2. The first-order valence-electron chi connectivity index (χ1n) is 11.8. The summed E-state index contributed by atoms with van der Waals surface area (Å²) in [5.74, 6) is 1.14. The molecule has 0 unspecified atom stereocenters. The van der Waals surface area contributed by atoms with Gasteiger partial charge in [-0.3, -0.25) is 25.4 Å². The third kappa shape index (κ3) is 5.30. The highest BCUT2D eigenvalue weighted by Gasteiger charge is 2.24. The number of rotatable bonds is 6. The Morgan fingerprint density at radius 1 is 1.15 bits per heavy atom. The first-order chi connectivity index (χ1) is 16.3. The maximum Gasteiger partial charge on any atom is 0.275 e. The molecular weight excluding hydrogens is 430 g/mol. The minimum atomic E-state index is -0.392. The summed E-state index contributed by atoms with van der Waals surface area (Å²) in [5, 5.41) is 19.1. The average Bonchev–Trinajstić information content (AvgIpc) is 3.27. The van der Waals surface area contributed by atoms with Gasteiger partial charge in [-0.2, -0.15) is 0 Å². The smallest absolute Gasteiger partial charge is 0.275 e. The van der Waals surface area contributed by atoms with E-state index in [0.29, 0.717) is 55.7 Å².